The molecule has 2 aromatic carbocycles. The molecule has 0 saturated heterocycles. The summed E-state index contributed by atoms with van der Waals surface area (Å²) in [4.78, 5) is 13.0. The van der Waals surface area contributed by atoms with E-state index in [0.717, 1.165) is 23.5 Å². The topological polar surface area (TPSA) is 26.3 Å². The van der Waals surface area contributed by atoms with Gasteiger partial charge in [-0.2, -0.15) is 0 Å². The molecule has 1 unspecified atom stereocenters. The lowest BCUT2D eigenvalue weighted by atomic mass is 9.68. The third-order valence-electron chi connectivity index (χ3n) is 5.33. The van der Waals surface area contributed by atoms with E-state index >= 15 is 0 Å². The lowest BCUT2D eigenvalue weighted by molar-refractivity contribution is -0.119. The molecule has 2 nitrogen and oxygen atoms in total. The summed E-state index contributed by atoms with van der Waals surface area (Å²) >= 11 is 0. The van der Waals surface area contributed by atoms with Gasteiger partial charge in [0.05, 0.1) is 0 Å². The molecule has 2 aliphatic rings. The number of rotatable bonds is 1. The molecule has 2 aromatic rings. The van der Waals surface area contributed by atoms with Gasteiger partial charge in [-0.05, 0) is 28.2 Å². The number of carbonyl (C=O) groups excluding carboxylic acids is 1. The van der Waals surface area contributed by atoms with Gasteiger partial charge in [0.2, 0.25) is 0 Å². The Morgan fingerprint density at radius 3 is 2.58 bits per heavy atom. The largest absolute Gasteiger partial charge is 0.461 e. The van der Waals surface area contributed by atoms with Crippen LogP contribution in [0.25, 0.3) is 10.8 Å². The van der Waals surface area contributed by atoms with Gasteiger partial charge in [-0.3, -0.25) is 4.79 Å². The molecule has 2 heteroatoms. The standard InChI is InChI=1S/C22H24O2/c1-13(2)19-20-15-8-6-5-7-14(15)9-10-17(20)24-18-12-22(3,4)11-16(23)21(18)19/h5-10,13,19H,11-12H2,1-4H3. The van der Waals surface area contributed by atoms with Crippen LogP contribution in [0.4, 0.5) is 0 Å². The van der Waals surface area contributed by atoms with Crippen LogP contribution in [0.3, 0.4) is 0 Å². The Morgan fingerprint density at radius 1 is 1.08 bits per heavy atom. The zero-order valence-corrected chi connectivity index (χ0v) is 14.8. The summed E-state index contributed by atoms with van der Waals surface area (Å²) in [7, 11) is 0. The number of ether oxygens (including phenoxy) is 1. The van der Waals surface area contributed by atoms with E-state index in [1.165, 1.54) is 16.3 Å². The van der Waals surface area contributed by atoms with E-state index in [2.05, 4.69) is 64.1 Å². The summed E-state index contributed by atoms with van der Waals surface area (Å²) < 4.78 is 6.29. The van der Waals surface area contributed by atoms with Crippen LogP contribution in [0.15, 0.2) is 47.7 Å². The van der Waals surface area contributed by atoms with Crippen LogP contribution in [0, 0.1) is 11.3 Å². The Balaban J connectivity index is 1.98. The van der Waals surface area contributed by atoms with Crippen molar-refractivity contribution in [2.45, 2.75) is 46.5 Å². The molecular weight excluding hydrogens is 296 g/mol. The van der Waals surface area contributed by atoms with Crippen LogP contribution < -0.4 is 4.74 Å². The normalized spacial score (nSPS) is 22.4. The molecule has 0 saturated carbocycles. The number of ketones is 1. The average Bonchev–Trinajstić information content (AvgIpc) is 2.51. The summed E-state index contributed by atoms with van der Waals surface area (Å²) in [6, 6.07) is 12.6. The fraction of sp³-hybridized carbons (Fsp3) is 0.409. The van der Waals surface area contributed by atoms with Crippen molar-refractivity contribution in [2.24, 2.45) is 11.3 Å². The van der Waals surface area contributed by atoms with Crippen LogP contribution in [0.2, 0.25) is 0 Å². The first kappa shape index (κ1) is 15.4. The maximum absolute atomic E-state index is 13.0. The molecule has 1 aliphatic heterocycles. The van der Waals surface area contributed by atoms with Crippen LogP contribution in [0.1, 0.15) is 52.0 Å². The number of fused-ring (bicyclic) bond motifs is 3. The highest BCUT2D eigenvalue weighted by atomic mass is 16.5. The van der Waals surface area contributed by atoms with Crippen LogP contribution in [-0.2, 0) is 4.79 Å². The van der Waals surface area contributed by atoms with E-state index in [-0.39, 0.29) is 17.1 Å². The molecular formula is C22H24O2. The van der Waals surface area contributed by atoms with Crippen LogP contribution in [-0.4, -0.2) is 5.78 Å². The Labute approximate surface area is 143 Å². The van der Waals surface area contributed by atoms with E-state index < -0.39 is 0 Å². The average molecular weight is 320 g/mol. The smallest absolute Gasteiger partial charge is 0.163 e. The number of Topliss-reactive ketones (excluding diaryl/α,β-unsaturated/α-hetero) is 1. The van der Waals surface area contributed by atoms with E-state index in [1.807, 2.05) is 0 Å². The highest BCUT2D eigenvalue weighted by molar-refractivity contribution is 6.01. The highest BCUT2D eigenvalue weighted by Gasteiger charge is 2.42. The van der Waals surface area contributed by atoms with Gasteiger partial charge in [0.1, 0.15) is 11.5 Å². The maximum Gasteiger partial charge on any atom is 0.163 e. The predicted octanol–water partition coefficient (Wildman–Crippen LogP) is 5.62. The van der Waals surface area contributed by atoms with Crippen molar-refractivity contribution in [3.05, 3.63) is 53.3 Å². The van der Waals surface area contributed by atoms with Crippen molar-refractivity contribution in [1.29, 1.82) is 0 Å². The molecule has 4 rings (SSSR count). The van der Waals surface area contributed by atoms with Gasteiger partial charge in [0.25, 0.3) is 0 Å². The Hall–Kier alpha value is -2.09. The molecule has 0 N–H and O–H groups in total. The van der Waals surface area contributed by atoms with Crippen LogP contribution >= 0.6 is 0 Å². The second-order valence-electron chi connectivity index (χ2n) is 8.30. The number of allylic oxidation sites excluding steroid dienone is 2. The van der Waals surface area contributed by atoms with Crippen molar-refractivity contribution in [2.75, 3.05) is 0 Å². The fourth-order valence-electron chi connectivity index (χ4n) is 4.34. The molecule has 0 radical (unpaired) electrons. The maximum atomic E-state index is 13.0. The van der Waals surface area contributed by atoms with Gasteiger partial charge >= 0.3 is 0 Å². The monoisotopic (exact) mass is 320 g/mol. The molecule has 1 aliphatic carbocycles. The molecule has 0 fully saturated rings. The molecule has 124 valence electrons. The van der Waals surface area contributed by atoms with Crippen molar-refractivity contribution >= 4 is 16.6 Å². The lowest BCUT2D eigenvalue weighted by Crippen LogP contribution is -2.34. The summed E-state index contributed by atoms with van der Waals surface area (Å²) in [6.07, 6.45) is 1.45. The summed E-state index contributed by atoms with van der Waals surface area (Å²) in [5.41, 5.74) is 2.09. The predicted molar refractivity (Wildman–Crippen MR) is 97.2 cm³/mol. The molecule has 0 aromatic heterocycles. The Bertz CT molecular complexity index is 871. The highest BCUT2D eigenvalue weighted by Crippen LogP contribution is 2.51. The minimum absolute atomic E-state index is 0.0220. The van der Waals surface area contributed by atoms with E-state index in [4.69, 9.17) is 4.74 Å². The summed E-state index contributed by atoms with van der Waals surface area (Å²) in [5.74, 6) is 2.57. The van der Waals surface area contributed by atoms with Crippen molar-refractivity contribution in [3.8, 4) is 5.75 Å². The molecule has 1 atom stereocenters. The second kappa shape index (κ2) is 5.20. The minimum atomic E-state index is -0.0220. The molecule has 0 bridgehead atoms. The van der Waals surface area contributed by atoms with Gasteiger partial charge in [-0.25, -0.2) is 0 Å². The number of hydrogen-bond donors (Lipinski definition) is 0. The van der Waals surface area contributed by atoms with Crippen molar-refractivity contribution < 1.29 is 9.53 Å². The van der Waals surface area contributed by atoms with Crippen molar-refractivity contribution in [3.63, 3.8) is 0 Å². The number of hydrogen-bond acceptors (Lipinski definition) is 2. The van der Waals surface area contributed by atoms with E-state index in [0.29, 0.717) is 12.3 Å². The van der Waals surface area contributed by atoms with Gasteiger partial charge in [0.15, 0.2) is 5.78 Å². The van der Waals surface area contributed by atoms with Crippen LogP contribution in [0.5, 0.6) is 5.75 Å². The lowest BCUT2D eigenvalue weighted by Gasteiger charge is -2.40. The SMILES string of the molecule is CC(C)C1C2=C(CC(C)(C)CC2=O)Oc2ccc3ccccc3c21. The Kier molecular flexibility index (Phi) is 3.35. The van der Waals surface area contributed by atoms with Gasteiger partial charge in [-0.1, -0.05) is 58.0 Å². The number of carbonyl (C=O) groups is 1. The first-order valence-corrected chi connectivity index (χ1v) is 8.83. The quantitative estimate of drug-likeness (QED) is 0.682. The summed E-state index contributed by atoms with van der Waals surface area (Å²) in [5, 5.41) is 2.41. The van der Waals surface area contributed by atoms with Gasteiger partial charge in [0, 0.05) is 29.9 Å². The molecule has 0 spiro atoms. The fourth-order valence-corrected chi connectivity index (χ4v) is 4.34. The van der Waals surface area contributed by atoms with Crippen molar-refractivity contribution in [1.82, 2.24) is 0 Å². The summed E-state index contributed by atoms with van der Waals surface area (Å²) in [6.45, 7) is 8.72. The second-order valence-corrected chi connectivity index (χ2v) is 8.30. The van der Waals surface area contributed by atoms with E-state index in [1.54, 1.807) is 0 Å². The zero-order valence-electron chi connectivity index (χ0n) is 14.8. The molecule has 24 heavy (non-hydrogen) atoms. The first-order chi connectivity index (χ1) is 11.4. The molecule has 0 amide bonds. The third-order valence-corrected chi connectivity index (χ3v) is 5.33. The van der Waals surface area contributed by atoms with Gasteiger partial charge < -0.3 is 4.74 Å². The Morgan fingerprint density at radius 2 is 1.83 bits per heavy atom. The first-order valence-electron chi connectivity index (χ1n) is 8.83. The van der Waals surface area contributed by atoms with Gasteiger partial charge in [-0.15, -0.1) is 0 Å². The zero-order chi connectivity index (χ0) is 17.1. The van der Waals surface area contributed by atoms with E-state index in [9.17, 15) is 4.79 Å². The number of benzene rings is 2. The third kappa shape index (κ3) is 2.28. The minimum Gasteiger partial charge on any atom is -0.461 e. The molecule has 1 heterocycles.